The lowest BCUT2D eigenvalue weighted by atomic mass is 10.1. The van der Waals surface area contributed by atoms with Crippen LogP contribution in [0.4, 0.5) is 0 Å². The maximum absolute atomic E-state index is 6.31. The Balaban J connectivity index is 2.44. The van der Waals surface area contributed by atoms with E-state index < -0.39 is 0 Å². The van der Waals surface area contributed by atoms with Crippen molar-refractivity contribution in [3.05, 3.63) is 18.2 Å². The lowest BCUT2D eigenvalue weighted by molar-refractivity contribution is 0.234. The summed E-state index contributed by atoms with van der Waals surface area (Å²) >= 11 is 0. The van der Waals surface area contributed by atoms with Crippen LogP contribution in [0, 0.1) is 6.07 Å². The highest BCUT2D eigenvalue weighted by Gasteiger charge is 2.13. The van der Waals surface area contributed by atoms with Gasteiger partial charge in [0.15, 0.2) is 11.5 Å². The van der Waals surface area contributed by atoms with E-state index in [0.29, 0.717) is 0 Å². The molecule has 0 bridgehead atoms. The van der Waals surface area contributed by atoms with E-state index in [1.165, 1.54) is 135 Å². The number of benzene rings is 1. The first-order chi connectivity index (χ1) is 19.3. The molecule has 0 saturated carbocycles. The van der Waals surface area contributed by atoms with Gasteiger partial charge in [0.2, 0.25) is 5.75 Å². The molecule has 1 aromatic carbocycles. The Kier molecular flexibility index (Phi) is 25.7. The van der Waals surface area contributed by atoms with Crippen LogP contribution in [0.1, 0.15) is 175 Å². The smallest absolute Gasteiger partial charge is 0.203 e. The first kappa shape index (κ1) is 35.6. The number of hydrogen-bond acceptors (Lipinski definition) is 3. The molecule has 3 heteroatoms. The minimum absolute atomic E-state index is 0.723. The minimum Gasteiger partial charge on any atom is -0.490 e. The van der Waals surface area contributed by atoms with E-state index in [0.717, 1.165) is 56.3 Å². The first-order valence-electron chi connectivity index (χ1n) is 17.3. The third kappa shape index (κ3) is 21.1. The van der Waals surface area contributed by atoms with Crippen molar-refractivity contribution in [1.82, 2.24) is 0 Å². The van der Waals surface area contributed by atoms with Crippen LogP contribution >= 0.6 is 0 Å². The second kappa shape index (κ2) is 28.2. The highest BCUT2D eigenvalue weighted by atomic mass is 16.5. The number of hydrogen-bond donors (Lipinski definition) is 0. The molecule has 0 saturated heterocycles. The fraction of sp³-hybridized carbons (Fsp3) is 0.833. The molecule has 0 aliphatic carbocycles. The molecule has 0 unspecified atom stereocenters. The van der Waals surface area contributed by atoms with E-state index in [1.807, 2.05) is 12.1 Å². The lowest BCUT2D eigenvalue weighted by Gasteiger charge is -2.17. The Morgan fingerprint density at radius 3 is 1.00 bits per heavy atom. The van der Waals surface area contributed by atoms with E-state index in [1.54, 1.807) is 0 Å². The average molecular weight is 546 g/mol. The molecular weight excluding hydrogens is 480 g/mol. The van der Waals surface area contributed by atoms with E-state index in [4.69, 9.17) is 14.2 Å². The van der Waals surface area contributed by atoms with Crippen molar-refractivity contribution in [2.24, 2.45) is 0 Å². The number of ether oxygens (including phenoxy) is 3. The molecule has 227 valence electrons. The van der Waals surface area contributed by atoms with Gasteiger partial charge in [0, 0.05) is 0 Å². The summed E-state index contributed by atoms with van der Waals surface area (Å²) in [5, 5.41) is 0. The SMILES string of the molecule is CCCCCCCCCCOc1c[c]cc(OCCCCCCCCCC)c1OCCCCCCCCCC. The summed E-state index contributed by atoms with van der Waals surface area (Å²) in [5.41, 5.74) is 0. The highest BCUT2D eigenvalue weighted by molar-refractivity contribution is 5.50. The third-order valence-electron chi connectivity index (χ3n) is 7.63. The van der Waals surface area contributed by atoms with Crippen molar-refractivity contribution >= 4 is 0 Å². The molecule has 1 radical (unpaired) electrons. The predicted molar refractivity (Wildman–Crippen MR) is 170 cm³/mol. The molecule has 3 nitrogen and oxygen atoms in total. The van der Waals surface area contributed by atoms with Gasteiger partial charge in [-0.1, -0.05) is 156 Å². The van der Waals surface area contributed by atoms with Gasteiger partial charge in [-0.15, -0.1) is 0 Å². The first-order valence-corrected chi connectivity index (χ1v) is 17.3. The van der Waals surface area contributed by atoms with E-state index in [2.05, 4.69) is 26.8 Å². The second-order valence-electron chi connectivity index (χ2n) is 11.5. The minimum atomic E-state index is 0.723. The number of unbranched alkanes of at least 4 members (excludes halogenated alkanes) is 21. The summed E-state index contributed by atoms with van der Waals surface area (Å²) in [6.07, 6.45) is 31.3. The average Bonchev–Trinajstić information content (AvgIpc) is 2.95. The normalized spacial score (nSPS) is 11.2. The van der Waals surface area contributed by atoms with Gasteiger partial charge in [-0.25, -0.2) is 0 Å². The molecule has 39 heavy (non-hydrogen) atoms. The van der Waals surface area contributed by atoms with E-state index in [-0.39, 0.29) is 0 Å². The zero-order valence-electron chi connectivity index (χ0n) is 26.5. The summed E-state index contributed by atoms with van der Waals surface area (Å²) in [6.45, 7) is 9.02. The molecule has 1 rings (SSSR count). The van der Waals surface area contributed by atoms with Crippen LogP contribution in [0.2, 0.25) is 0 Å². The molecule has 0 fully saturated rings. The van der Waals surface area contributed by atoms with Crippen LogP contribution in [0.3, 0.4) is 0 Å². The summed E-state index contributed by atoms with van der Waals surface area (Å²) in [7, 11) is 0. The van der Waals surface area contributed by atoms with Crippen molar-refractivity contribution in [3.63, 3.8) is 0 Å². The largest absolute Gasteiger partial charge is 0.490 e. The topological polar surface area (TPSA) is 27.7 Å². The maximum Gasteiger partial charge on any atom is 0.203 e. The van der Waals surface area contributed by atoms with E-state index >= 15 is 0 Å². The van der Waals surface area contributed by atoms with Crippen molar-refractivity contribution in [3.8, 4) is 17.2 Å². The van der Waals surface area contributed by atoms with Gasteiger partial charge >= 0.3 is 0 Å². The number of rotatable bonds is 30. The fourth-order valence-electron chi connectivity index (χ4n) is 5.05. The van der Waals surface area contributed by atoms with Gasteiger partial charge in [0.1, 0.15) is 0 Å². The molecule has 1 aromatic rings. The summed E-state index contributed by atoms with van der Waals surface area (Å²) in [6, 6.07) is 7.09. The standard InChI is InChI=1S/C36H65O3/c1-4-7-10-13-16-19-22-25-31-37-34-29-28-30-35(38-32-26-23-20-17-14-11-8-5-2)36(34)39-33-27-24-21-18-15-12-9-6-3/h29-30H,4-27,31-33H2,1-3H3. The Hall–Kier alpha value is -1.38. The molecule has 0 aromatic heterocycles. The Bertz CT molecular complexity index is 589. The van der Waals surface area contributed by atoms with Gasteiger partial charge in [-0.05, 0) is 37.5 Å². The predicted octanol–water partition coefficient (Wildman–Crippen LogP) is 12.0. The van der Waals surface area contributed by atoms with Crippen molar-refractivity contribution in [2.45, 2.75) is 175 Å². The maximum atomic E-state index is 6.31. The Morgan fingerprint density at radius 2 is 0.667 bits per heavy atom. The molecule has 0 spiro atoms. The molecular formula is C36H65O3. The molecule has 0 N–H and O–H groups in total. The summed E-state index contributed by atoms with van der Waals surface area (Å²) < 4.78 is 18.7. The van der Waals surface area contributed by atoms with Crippen LogP contribution in [0.15, 0.2) is 12.1 Å². The summed E-state index contributed by atoms with van der Waals surface area (Å²) in [5.74, 6) is 2.38. The van der Waals surface area contributed by atoms with Crippen LogP contribution < -0.4 is 14.2 Å². The summed E-state index contributed by atoms with van der Waals surface area (Å²) in [4.78, 5) is 0. The van der Waals surface area contributed by atoms with Gasteiger partial charge in [0.25, 0.3) is 0 Å². The van der Waals surface area contributed by atoms with Crippen LogP contribution in [0.25, 0.3) is 0 Å². The highest BCUT2D eigenvalue weighted by Crippen LogP contribution is 2.37. The van der Waals surface area contributed by atoms with Gasteiger partial charge < -0.3 is 14.2 Å². The molecule has 0 aliphatic heterocycles. The zero-order chi connectivity index (χ0) is 28.1. The van der Waals surface area contributed by atoms with Crippen molar-refractivity contribution in [1.29, 1.82) is 0 Å². The molecule has 0 aliphatic rings. The zero-order valence-corrected chi connectivity index (χ0v) is 26.5. The van der Waals surface area contributed by atoms with E-state index in [9.17, 15) is 0 Å². The monoisotopic (exact) mass is 545 g/mol. The van der Waals surface area contributed by atoms with Crippen LogP contribution in [-0.2, 0) is 0 Å². The van der Waals surface area contributed by atoms with Gasteiger partial charge in [-0.3, -0.25) is 0 Å². The molecule has 0 amide bonds. The fourth-order valence-corrected chi connectivity index (χ4v) is 5.05. The van der Waals surface area contributed by atoms with Crippen LogP contribution in [-0.4, -0.2) is 19.8 Å². The molecule has 0 heterocycles. The van der Waals surface area contributed by atoms with Crippen molar-refractivity contribution < 1.29 is 14.2 Å². The molecule has 0 atom stereocenters. The quantitative estimate of drug-likeness (QED) is 0.0900. The van der Waals surface area contributed by atoms with Crippen molar-refractivity contribution in [2.75, 3.05) is 19.8 Å². The Labute approximate surface area is 244 Å². The second-order valence-corrected chi connectivity index (χ2v) is 11.5. The lowest BCUT2D eigenvalue weighted by Crippen LogP contribution is -2.06. The third-order valence-corrected chi connectivity index (χ3v) is 7.63. The van der Waals surface area contributed by atoms with Gasteiger partial charge in [-0.2, -0.15) is 0 Å². The van der Waals surface area contributed by atoms with Gasteiger partial charge in [0.05, 0.1) is 19.8 Å². The Morgan fingerprint density at radius 1 is 0.385 bits per heavy atom. The van der Waals surface area contributed by atoms with Crippen LogP contribution in [0.5, 0.6) is 17.2 Å².